The van der Waals surface area contributed by atoms with E-state index in [-0.39, 0.29) is 11.6 Å². The maximum absolute atomic E-state index is 13.3. The number of hydrogen-bond donors (Lipinski definition) is 0. The van der Waals surface area contributed by atoms with Crippen LogP contribution >= 0.6 is 11.5 Å². The number of rotatable bonds is 8. The molecule has 0 spiro atoms. The van der Waals surface area contributed by atoms with Gasteiger partial charge in [0.15, 0.2) is 17.3 Å². The van der Waals surface area contributed by atoms with Gasteiger partial charge in [0.2, 0.25) is 0 Å². The number of methoxy groups -OCH3 is 1. The normalized spacial score (nSPS) is 13.3. The standard InChI is InChI=1S/C28H27N5O5S/c1-19-3-5-20(6-4-19)17-26-29-28(39-30-26)38-25-18-21(7-12-24(25)37-2)27(34)32-15-13-31(14-16-32)22-8-10-23(11-9-22)33(35)36/h3-12,18H,13-17H2,1-2H3. The van der Waals surface area contributed by atoms with Gasteiger partial charge >= 0.3 is 0 Å². The van der Waals surface area contributed by atoms with E-state index in [2.05, 4.69) is 38.5 Å². The van der Waals surface area contributed by atoms with Crippen LogP contribution < -0.4 is 14.4 Å². The lowest BCUT2D eigenvalue weighted by molar-refractivity contribution is -0.384. The molecule has 0 aliphatic carbocycles. The predicted molar refractivity (Wildman–Crippen MR) is 148 cm³/mol. The number of carbonyl (C=O) groups is 1. The van der Waals surface area contributed by atoms with E-state index in [9.17, 15) is 14.9 Å². The Morgan fingerprint density at radius 3 is 2.38 bits per heavy atom. The fourth-order valence-corrected chi connectivity index (χ4v) is 4.92. The van der Waals surface area contributed by atoms with Crippen LogP contribution in [0, 0.1) is 17.0 Å². The van der Waals surface area contributed by atoms with E-state index in [1.165, 1.54) is 17.7 Å². The third-order valence-electron chi connectivity index (χ3n) is 6.53. The van der Waals surface area contributed by atoms with Crippen LogP contribution in [0.5, 0.6) is 16.7 Å². The Morgan fingerprint density at radius 1 is 1.00 bits per heavy atom. The van der Waals surface area contributed by atoms with Crippen molar-refractivity contribution in [3.8, 4) is 16.7 Å². The Bertz CT molecular complexity index is 1460. The largest absolute Gasteiger partial charge is 0.493 e. The van der Waals surface area contributed by atoms with Gasteiger partial charge in [-0.05, 0) is 42.8 Å². The zero-order valence-corrected chi connectivity index (χ0v) is 22.4. The van der Waals surface area contributed by atoms with Crippen LogP contribution in [0.1, 0.15) is 27.3 Å². The van der Waals surface area contributed by atoms with Crippen molar-refractivity contribution in [3.63, 3.8) is 0 Å². The highest BCUT2D eigenvalue weighted by atomic mass is 32.1. The summed E-state index contributed by atoms with van der Waals surface area (Å²) in [6, 6.07) is 19.8. The van der Waals surface area contributed by atoms with Crippen molar-refractivity contribution in [2.24, 2.45) is 0 Å². The van der Waals surface area contributed by atoms with Gasteiger partial charge in [0.25, 0.3) is 16.8 Å². The maximum Gasteiger partial charge on any atom is 0.298 e. The van der Waals surface area contributed by atoms with Gasteiger partial charge in [0, 0.05) is 67.5 Å². The van der Waals surface area contributed by atoms with Crippen LogP contribution in [0.15, 0.2) is 66.7 Å². The molecule has 1 amide bonds. The van der Waals surface area contributed by atoms with Crippen molar-refractivity contribution in [3.05, 3.63) is 99.4 Å². The Balaban J connectivity index is 1.23. The second-order valence-electron chi connectivity index (χ2n) is 9.16. The van der Waals surface area contributed by atoms with Crippen molar-refractivity contribution < 1.29 is 19.2 Å². The minimum absolute atomic E-state index is 0.0566. The van der Waals surface area contributed by atoms with Gasteiger partial charge in [-0.15, -0.1) is 0 Å². The summed E-state index contributed by atoms with van der Waals surface area (Å²) in [6.45, 7) is 4.34. The molecule has 3 aromatic carbocycles. The van der Waals surface area contributed by atoms with E-state index in [4.69, 9.17) is 9.47 Å². The number of amides is 1. The van der Waals surface area contributed by atoms with Crippen LogP contribution in [0.4, 0.5) is 11.4 Å². The number of aromatic nitrogens is 2. The first-order valence-corrected chi connectivity index (χ1v) is 13.2. The van der Waals surface area contributed by atoms with Crippen LogP contribution in [0.3, 0.4) is 0 Å². The van der Waals surface area contributed by atoms with Crippen LogP contribution in [0.25, 0.3) is 0 Å². The highest BCUT2D eigenvalue weighted by Gasteiger charge is 2.24. The zero-order valence-electron chi connectivity index (χ0n) is 21.6. The van der Waals surface area contributed by atoms with Crippen LogP contribution in [-0.2, 0) is 6.42 Å². The van der Waals surface area contributed by atoms with Gasteiger partial charge in [0.05, 0.1) is 12.0 Å². The first-order chi connectivity index (χ1) is 18.9. The Kier molecular flexibility index (Phi) is 7.69. The number of non-ortho nitro benzene ring substituents is 1. The monoisotopic (exact) mass is 545 g/mol. The fraction of sp³-hybridized carbons (Fsp3) is 0.250. The van der Waals surface area contributed by atoms with E-state index in [0.717, 1.165) is 22.8 Å². The minimum atomic E-state index is -0.414. The van der Waals surface area contributed by atoms with Crippen LogP contribution in [0.2, 0.25) is 0 Å². The molecule has 0 N–H and O–H groups in total. The molecule has 200 valence electrons. The average Bonchev–Trinajstić information content (AvgIpc) is 3.40. The number of nitro benzene ring substituents is 1. The first-order valence-electron chi connectivity index (χ1n) is 12.4. The van der Waals surface area contributed by atoms with Gasteiger partial charge < -0.3 is 19.3 Å². The molecule has 1 aromatic heterocycles. The molecule has 0 radical (unpaired) electrons. The van der Waals surface area contributed by atoms with Crippen molar-refractivity contribution in [2.75, 3.05) is 38.2 Å². The number of aryl methyl sites for hydroxylation is 1. The molecule has 10 nitrogen and oxygen atoms in total. The second kappa shape index (κ2) is 11.5. The van der Waals surface area contributed by atoms with E-state index >= 15 is 0 Å². The van der Waals surface area contributed by atoms with E-state index in [1.807, 2.05) is 6.92 Å². The van der Waals surface area contributed by atoms with E-state index < -0.39 is 4.92 Å². The van der Waals surface area contributed by atoms with Crippen LogP contribution in [-0.4, -0.2) is 58.4 Å². The lowest BCUT2D eigenvalue weighted by Crippen LogP contribution is -2.48. The summed E-state index contributed by atoms with van der Waals surface area (Å²) in [5.74, 6) is 1.44. The third-order valence-corrected chi connectivity index (χ3v) is 7.17. The van der Waals surface area contributed by atoms with Crippen molar-refractivity contribution >= 4 is 28.8 Å². The lowest BCUT2D eigenvalue weighted by atomic mass is 10.1. The minimum Gasteiger partial charge on any atom is -0.493 e. The van der Waals surface area contributed by atoms with Gasteiger partial charge in [0.1, 0.15) is 0 Å². The number of hydrogen-bond acceptors (Lipinski definition) is 9. The molecular weight excluding hydrogens is 518 g/mol. The van der Waals surface area contributed by atoms with Crippen molar-refractivity contribution in [1.29, 1.82) is 0 Å². The van der Waals surface area contributed by atoms with Crippen molar-refractivity contribution in [1.82, 2.24) is 14.3 Å². The quantitative estimate of drug-likeness (QED) is 0.222. The summed E-state index contributed by atoms with van der Waals surface area (Å²) in [6.07, 6.45) is 0.599. The second-order valence-corrected chi connectivity index (χ2v) is 9.87. The summed E-state index contributed by atoms with van der Waals surface area (Å²) in [5.41, 5.74) is 3.75. The fourth-order valence-electron chi connectivity index (χ4n) is 4.36. The van der Waals surface area contributed by atoms with Crippen molar-refractivity contribution in [2.45, 2.75) is 13.3 Å². The molecule has 4 aromatic rings. The van der Waals surface area contributed by atoms with Gasteiger partial charge in [-0.2, -0.15) is 9.36 Å². The Hall–Kier alpha value is -4.51. The molecule has 0 bridgehead atoms. The molecule has 0 atom stereocenters. The first kappa shape index (κ1) is 26.1. The smallest absolute Gasteiger partial charge is 0.298 e. The average molecular weight is 546 g/mol. The number of carbonyl (C=O) groups excluding carboxylic acids is 1. The molecule has 1 fully saturated rings. The number of benzene rings is 3. The summed E-state index contributed by atoms with van der Waals surface area (Å²) in [7, 11) is 1.55. The topological polar surface area (TPSA) is 111 Å². The lowest BCUT2D eigenvalue weighted by Gasteiger charge is -2.36. The molecule has 2 heterocycles. The van der Waals surface area contributed by atoms with E-state index in [1.54, 1.807) is 42.3 Å². The van der Waals surface area contributed by atoms with Gasteiger partial charge in [-0.3, -0.25) is 14.9 Å². The SMILES string of the molecule is COc1ccc(C(=O)N2CCN(c3ccc([N+](=O)[O-])cc3)CC2)cc1Oc1nc(Cc2ccc(C)cc2)ns1. The molecule has 1 saturated heterocycles. The molecule has 5 rings (SSSR count). The molecule has 1 aliphatic rings. The molecule has 0 saturated carbocycles. The zero-order chi connectivity index (χ0) is 27.4. The highest BCUT2D eigenvalue weighted by Crippen LogP contribution is 2.34. The molecule has 0 unspecified atom stereocenters. The highest BCUT2D eigenvalue weighted by molar-refractivity contribution is 7.07. The summed E-state index contributed by atoms with van der Waals surface area (Å²) < 4.78 is 15.9. The molecule has 11 heteroatoms. The van der Waals surface area contributed by atoms with Gasteiger partial charge in [-0.1, -0.05) is 29.8 Å². The number of piperazine rings is 1. The Morgan fingerprint density at radius 2 is 1.72 bits per heavy atom. The van der Waals surface area contributed by atoms with Gasteiger partial charge in [-0.25, -0.2) is 0 Å². The number of nitrogens with zero attached hydrogens (tertiary/aromatic N) is 5. The third kappa shape index (κ3) is 6.15. The molecule has 39 heavy (non-hydrogen) atoms. The summed E-state index contributed by atoms with van der Waals surface area (Å²) in [4.78, 5) is 32.2. The predicted octanol–water partition coefficient (Wildman–Crippen LogP) is 5.11. The number of nitro groups is 1. The summed E-state index contributed by atoms with van der Waals surface area (Å²) >= 11 is 1.15. The van der Waals surface area contributed by atoms with E-state index in [0.29, 0.717) is 60.7 Å². The summed E-state index contributed by atoms with van der Waals surface area (Å²) in [5, 5.41) is 11.3. The number of anilines is 1. The Labute approximate surface area is 229 Å². The molecule has 1 aliphatic heterocycles. The number of ether oxygens (including phenoxy) is 2. The molecular formula is C28H27N5O5S. The maximum atomic E-state index is 13.3.